The van der Waals surface area contributed by atoms with Crippen LogP contribution in [0.4, 0.5) is 0 Å². The molecule has 0 bridgehead atoms. The predicted molar refractivity (Wildman–Crippen MR) is 77.3 cm³/mol. The van der Waals surface area contributed by atoms with Gasteiger partial charge in [0.15, 0.2) is 0 Å². The van der Waals surface area contributed by atoms with Crippen molar-refractivity contribution in [3.05, 3.63) is 40.9 Å². The molecule has 1 heterocycles. The topological polar surface area (TPSA) is 40.5 Å². The highest BCUT2D eigenvalue weighted by atomic mass is 35.5. The van der Waals surface area contributed by atoms with Crippen molar-refractivity contribution in [2.45, 2.75) is 13.3 Å². The highest BCUT2D eigenvalue weighted by Crippen LogP contribution is 2.29. The highest BCUT2D eigenvalue weighted by Gasteiger charge is 2.28. The quantitative estimate of drug-likeness (QED) is 0.920. The first kappa shape index (κ1) is 14.1. The maximum Gasteiger partial charge on any atom is 0.312 e. The van der Waals surface area contributed by atoms with Crippen LogP contribution < -0.4 is 0 Å². The van der Waals surface area contributed by atoms with Crippen molar-refractivity contribution in [3.63, 3.8) is 0 Å². The molecule has 1 unspecified atom stereocenters. The van der Waals surface area contributed by atoms with Gasteiger partial charge >= 0.3 is 5.97 Å². The van der Waals surface area contributed by atoms with Gasteiger partial charge in [-0.25, -0.2) is 0 Å². The molecule has 0 amide bonds. The molecule has 0 aromatic heterocycles. The van der Waals surface area contributed by atoms with Gasteiger partial charge < -0.3 is 5.11 Å². The average Bonchev–Trinajstić information content (AvgIpc) is 2.40. The molecule has 4 heteroatoms. The second kappa shape index (κ2) is 6.22. The molecule has 0 spiro atoms. The second-order valence-corrected chi connectivity index (χ2v) is 5.25. The second-order valence-electron chi connectivity index (χ2n) is 4.82. The van der Waals surface area contributed by atoms with Crippen molar-refractivity contribution in [1.82, 2.24) is 4.90 Å². The fourth-order valence-electron chi connectivity index (χ4n) is 2.47. The van der Waals surface area contributed by atoms with Gasteiger partial charge in [0.1, 0.15) is 0 Å². The molecule has 0 saturated carbocycles. The molecule has 2 rings (SSSR count). The predicted octanol–water partition coefficient (Wildman–Crippen LogP) is 3.15. The van der Waals surface area contributed by atoms with Crippen LogP contribution >= 0.6 is 11.6 Å². The van der Waals surface area contributed by atoms with Gasteiger partial charge in [0, 0.05) is 18.1 Å². The highest BCUT2D eigenvalue weighted by molar-refractivity contribution is 6.30. The van der Waals surface area contributed by atoms with Gasteiger partial charge in [0.2, 0.25) is 0 Å². The number of carboxylic acid groups (broad SMARTS) is 1. The molecule has 1 aliphatic heterocycles. The van der Waals surface area contributed by atoms with E-state index in [9.17, 15) is 9.90 Å². The smallest absolute Gasteiger partial charge is 0.312 e. The molecular weight excluding hydrogens is 262 g/mol. The lowest BCUT2D eigenvalue weighted by Gasteiger charge is -2.30. The van der Waals surface area contributed by atoms with Crippen LogP contribution in [0.5, 0.6) is 0 Å². The maximum atomic E-state index is 11.5. The van der Waals surface area contributed by atoms with Crippen molar-refractivity contribution >= 4 is 23.1 Å². The van der Waals surface area contributed by atoms with Gasteiger partial charge in [-0.15, -0.1) is 0 Å². The number of halogens is 1. The number of carbonyl (C=O) groups is 1. The first-order chi connectivity index (χ1) is 9.11. The largest absolute Gasteiger partial charge is 0.481 e. The third-order valence-electron chi connectivity index (χ3n) is 3.40. The zero-order chi connectivity index (χ0) is 13.8. The summed E-state index contributed by atoms with van der Waals surface area (Å²) in [6.45, 7) is 4.44. The van der Waals surface area contributed by atoms with Gasteiger partial charge in [-0.2, -0.15) is 0 Å². The summed E-state index contributed by atoms with van der Waals surface area (Å²) < 4.78 is 0. The van der Waals surface area contributed by atoms with Gasteiger partial charge in [0.25, 0.3) is 0 Å². The molecule has 0 radical (unpaired) electrons. The fraction of sp³-hybridized carbons (Fsp3) is 0.400. The summed E-state index contributed by atoms with van der Waals surface area (Å²) in [5.74, 6) is -1.22. The SMILES string of the molecule is CCCN1CC=C(c2ccc(Cl)cc2)C(C(=O)O)C1. The zero-order valence-corrected chi connectivity index (χ0v) is 11.7. The Labute approximate surface area is 118 Å². The van der Waals surface area contributed by atoms with Crippen molar-refractivity contribution in [2.24, 2.45) is 5.92 Å². The Morgan fingerprint density at radius 2 is 2.11 bits per heavy atom. The van der Waals surface area contributed by atoms with E-state index in [1.165, 1.54) is 0 Å². The molecule has 0 aliphatic carbocycles. The van der Waals surface area contributed by atoms with Crippen LogP contribution in [0.15, 0.2) is 30.3 Å². The lowest BCUT2D eigenvalue weighted by Crippen LogP contribution is -2.38. The van der Waals surface area contributed by atoms with E-state index in [4.69, 9.17) is 11.6 Å². The van der Waals surface area contributed by atoms with Gasteiger partial charge in [0.05, 0.1) is 5.92 Å². The Balaban J connectivity index is 2.26. The Bertz CT molecular complexity index is 481. The fourth-order valence-corrected chi connectivity index (χ4v) is 2.60. The van der Waals surface area contributed by atoms with Crippen molar-refractivity contribution in [2.75, 3.05) is 19.6 Å². The Morgan fingerprint density at radius 3 is 2.68 bits per heavy atom. The van der Waals surface area contributed by atoms with Gasteiger partial charge in [-0.1, -0.05) is 36.7 Å². The summed E-state index contributed by atoms with van der Waals surface area (Å²) >= 11 is 5.87. The molecule has 1 aromatic carbocycles. The number of nitrogens with zero attached hydrogens (tertiary/aromatic N) is 1. The summed E-state index contributed by atoms with van der Waals surface area (Å²) in [6.07, 6.45) is 3.07. The molecule has 1 aliphatic rings. The number of hydrogen-bond acceptors (Lipinski definition) is 2. The Hall–Kier alpha value is -1.32. The Morgan fingerprint density at radius 1 is 1.42 bits per heavy atom. The van der Waals surface area contributed by atoms with E-state index in [1.54, 1.807) is 12.1 Å². The standard InChI is InChI=1S/C15H18ClNO2/c1-2-8-17-9-7-13(14(10-17)15(18)19)11-3-5-12(16)6-4-11/h3-7,14H,2,8-10H2,1H3,(H,18,19). The third kappa shape index (κ3) is 3.37. The number of aliphatic carboxylic acids is 1. The normalized spacial score (nSPS) is 20.1. The Kier molecular flexibility index (Phi) is 4.61. The zero-order valence-electron chi connectivity index (χ0n) is 11.0. The lowest BCUT2D eigenvalue weighted by atomic mass is 9.89. The minimum Gasteiger partial charge on any atom is -0.481 e. The van der Waals surface area contributed by atoms with Gasteiger partial charge in [-0.3, -0.25) is 9.69 Å². The average molecular weight is 280 g/mol. The first-order valence-corrected chi connectivity index (χ1v) is 6.90. The monoisotopic (exact) mass is 279 g/mol. The molecule has 1 atom stereocenters. The molecule has 102 valence electrons. The third-order valence-corrected chi connectivity index (χ3v) is 3.65. The minimum absolute atomic E-state index is 0.457. The molecule has 0 fully saturated rings. The van der Waals surface area contributed by atoms with Crippen molar-refractivity contribution in [3.8, 4) is 0 Å². The molecule has 0 saturated heterocycles. The maximum absolute atomic E-state index is 11.5. The first-order valence-electron chi connectivity index (χ1n) is 6.53. The van der Waals surface area contributed by atoms with E-state index >= 15 is 0 Å². The summed E-state index contributed by atoms with van der Waals surface area (Å²) in [6, 6.07) is 7.38. The van der Waals surface area contributed by atoms with E-state index in [-0.39, 0.29) is 0 Å². The molecular formula is C15H18ClNO2. The van der Waals surface area contributed by atoms with Crippen LogP contribution in [0.3, 0.4) is 0 Å². The summed E-state index contributed by atoms with van der Waals surface area (Å²) in [5, 5.41) is 10.1. The van der Waals surface area contributed by atoms with E-state index in [1.807, 2.05) is 18.2 Å². The summed E-state index contributed by atoms with van der Waals surface area (Å²) in [7, 11) is 0. The van der Waals surface area contributed by atoms with Crippen molar-refractivity contribution in [1.29, 1.82) is 0 Å². The number of rotatable bonds is 4. The molecule has 3 nitrogen and oxygen atoms in total. The summed E-state index contributed by atoms with van der Waals surface area (Å²) in [5.41, 5.74) is 1.85. The molecule has 1 N–H and O–H groups in total. The van der Waals surface area contributed by atoms with Crippen LogP contribution in [-0.2, 0) is 4.79 Å². The van der Waals surface area contributed by atoms with Crippen LogP contribution in [0.1, 0.15) is 18.9 Å². The number of carboxylic acids is 1. The van der Waals surface area contributed by atoms with Gasteiger partial charge in [-0.05, 0) is 36.2 Å². The summed E-state index contributed by atoms with van der Waals surface area (Å²) in [4.78, 5) is 13.6. The minimum atomic E-state index is -0.762. The van der Waals surface area contributed by atoms with E-state index in [2.05, 4.69) is 11.8 Å². The number of hydrogen-bond donors (Lipinski definition) is 1. The number of benzene rings is 1. The molecule has 1 aromatic rings. The van der Waals surface area contributed by atoms with Crippen LogP contribution in [0.2, 0.25) is 5.02 Å². The van der Waals surface area contributed by atoms with Crippen LogP contribution in [0, 0.1) is 5.92 Å². The van der Waals surface area contributed by atoms with Crippen LogP contribution in [-0.4, -0.2) is 35.6 Å². The molecule has 19 heavy (non-hydrogen) atoms. The van der Waals surface area contributed by atoms with Crippen LogP contribution in [0.25, 0.3) is 5.57 Å². The lowest BCUT2D eigenvalue weighted by molar-refractivity contribution is -0.140. The van der Waals surface area contributed by atoms with E-state index in [0.717, 1.165) is 30.6 Å². The van der Waals surface area contributed by atoms with E-state index < -0.39 is 11.9 Å². The van der Waals surface area contributed by atoms with E-state index in [0.29, 0.717) is 11.6 Å². The van der Waals surface area contributed by atoms with Crippen molar-refractivity contribution < 1.29 is 9.90 Å².